The Morgan fingerprint density at radius 3 is 2.00 bits per heavy atom. The van der Waals surface area contributed by atoms with Gasteiger partial charge < -0.3 is 5.11 Å². The van der Waals surface area contributed by atoms with E-state index in [1.54, 1.807) is 32.9 Å². The van der Waals surface area contributed by atoms with Gasteiger partial charge in [0.25, 0.3) is 0 Å². The van der Waals surface area contributed by atoms with Gasteiger partial charge in [-0.1, -0.05) is 12.1 Å². The summed E-state index contributed by atoms with van der Waals surface area (Å²) in [5.41, 5.74) is 0.698. The smallest absolute Gasteiger partial charge is 0.240 e. The molecule has 1 unspecified atom stereocenters. The van der Waals surface area contributed by atoms with Crippen molar-refractivity contribution in [3.05, 3.63) is 29.8 Å². The van der Waals surface area contributed by atoms with E-state index in [1.165, 1.54) is 12.1 Å². The van der Waals surface area contributed by atoms with Gasteiger partial charge in [0.2, 0.25) is 10.0 Å². The van der Waals surface area contributed by atoms with Gasteiger partial charge in [0, 0.05) is 6.04 Å². The normalized spacial score (nSPS) is 14.1. The molecule has 4 nitrogen and oxygen atoms in total. The van der Waals surface area contributed by atoms with Crippen molar-refractivity contribution < 1.29 is 13.5 Å². The Bertz CT molecular complexity index is 435. The van der Waals surface area contributed by atoms with Gasteiger partial charge in [0.15, 0.2) is 0 Å². The van der Waals surface area contributed by atoms with E-state index in [9.17, 15) is 13.5 Å². The molecular formula is C11H17NO3S. The van der Waals surface area contributed by atoms with Crippen molar-refractivity contribution >= 4 is 10.0 Å². The van der Waals surface area contributed by atoms with Crippen LogP contribution in [0.25, 0.3) is 0 Å². The Hall–Kier alpha value is -0.910. The fourth-order valence-electron chi connectivity index (χ4n) is 1.30. The first-order valence-electron chi connectivity index (χ1n) is 5.13. The average molecular weight is 243 g/mol. The van der Waals surface area contributed by atoms with Crippen LogP contribution in [0.4, 0.5) is 0 Å². The van der Waals surface area contributed by atoms with Crippen LogP contribution in [0.5, 0.6) is 0 Å². The molecule has 0 bridgehead atoms. The summed E-state index contributed by atoms with van der Waals surface area (Å²) in [6.07, 6.45) is -0.588. The van der Waals surface area contributed by atoms with Gasteiger partial charge in [-0.25, -0.2) is 13.1 Å². The van der Waals surface area contributed by atoms with Crippen molar-refractivity contribution in [2.45, 2.75) is 37.8 Å². The second-order valence-corrected chi connectivity index (χ2v) is 5.73. The second-order valence-electron chi connectivity index (χ2n) is 4.02. The lowest BCUT2D eigenvalue weighted by atomic mass is 10.1. The Morgan fingerprint density at radius 2 is 1.62 bits per heavy atom. The fraction of sp³-hybridized carbons (Fsp3) is 0.455. The minimum atomic E-state index is -3.43. The summed E-state index contributed by atoms with van der Waals surface area (Å²) < 4.78 is 26.0. The number of hydrogen-bond donors (Lipinski definition) is 2. The van der Waals surface area contributed by atoms with E-state index < -0.39 is 16.1 Å². The molecule has 1 rings (SSSR count). The Balaban J connectivity index is 2.98. The summed E-state index contributed by atoms with van der Waals surface area (Å²) in [7, 11) is -3.43. The molecule has 0 aliphatic heterocycles. The molecule has 0 aliphatic carbocycles. The number of aliphatic hydroxyl groups excluding tert-OH is 1. The Labute approximate surface area is 96.4 Å². The predicted molar refractivity (Wildman–Crippen MR) is 62.5 cm³/mol. The van der Waals surface area contributed by atoms with Gasteiger partial charge in [0.05, 0.1) is 11.0 Å². The molecule has 0 radical (unpaired) electrons. The molecule has 0 heterocycles. The van der Waals surface area contributed by atoms with Crippen molar-refractivity contribution in [2.24, 2.45) is 0 Å². The van der Waals surface area contributed by atoms with Gasteiger partial charge in [-0.2, -0.15) is 0 Å². The van der Waals surface area contributed by atoms with Crippen LogP contribution >= 0.6 is 0 Å². The van der Waals surface area contributed by atoms with Crippen LogP contribution in [0, 0.1) is 0 Å². The number of benzene rings is 1. The molecule has 5 heteroatoms. The number of hydrogen-bond acceptors (Lipinski definition) is 3. The molecule has 0 fully saturated rings. The lowest BCUT2D eigenvalue weighted by Crippen LogP contribution is -2.30. The zero-order valence-corrected chi connectivity index (χ0v) is 10.5. The van der Waals surface area contributed by atoms with E-state index in [4.69, 9.17) is 0 Å². The third-order valence-electron chi connectivity index (χ3n) is 2.06. The minimum absolute atomic E-state index is 0.138. The van der Waals surface area contributed by atoms with Crippen molar-refractivity contribution in [1.29, 1.82) is 0 Å². The molecule has 0 spiro atoms. The van der Waals surface area contributed by atoms with Crippen molar-refractivity contribution in [2.75, 3.05) is 0 Å². The van der Waals surface area contributed by atoms with Crippen LogP contribution in [0.3, 0.4) is 0 Å². The number of nitrogens with one attached hydrogen (secondary N) is 1. The summed E-state index contributed by atoms with van der Waals surface area (Å²) in [4.78, 5) is 0.214. The van der Waals surface area contributed by atoms with Gasteiger partial charge in [-0.3, -0.25) is 0 Å². The maximum absolute atomic E-state index is 11.8. The molecular weight excluding hydrogens is 226 g/mol. The lowest BCUT2D eigenvalue weighted by Gasteiger charge is -2.10. The Morgan fingerprint density at radius 1 is 1.12 bits per heavy atom. The molecule has 90 valence electrons. The van der Waals surface area contributed by atoms with E-state index in [0.29, 0.717) is 5.56 Å². The Kier molecular flexibility index (Phi) is 4.07. The average Bonchev–Trinajstić information content (AvgIpc) is 2.16. The number of aliphatic hydroxyl groups is 1. The summed E-state index contributed by atoms with van der Waals surface area (Å²) in [5.74, 6) is 0. The molecule has 0 saturated heterocycles. The van der Waals surface area contributed by atoms with Gasteiger partial charge in [-0.15, -0.1) is 0 Å². The van der Waals surface area contributed by atoms with Crippen LogP contribution in [0.15, 0.2) is 29.2 Å². The number of sulfonamides is 1. The van der Waals surface area contributed by atoms with Crippen LogP contribution in [-0.2, 0) is 10.0 Å². The molecule has 1 aromatic carbocycles. The molecule has 0 amide bonds. The van der Waals surface area contributed by atoms with Crippen molar-refractivity contribution in [1.82, 2.24) is 4.72 Å². The standard InChI is InChI=1S/C11H17NO3S/c1-8(2)12-16(14,15)11-6-4-10(5-7-11)9(3)13/h4-9,12-13H,1-3H3. The first kappa shape index (κ1) is 13.2. The summed E-state index contributed by atoms with van der Waals surface area (Å²) in [5, 5.41) is 9.30. The highest BCUT2D eigenvalue weighted by atomic mass is 32.2. The third-order valence-corrected chi connectivity index (χ3v) is 3.74. The fourth-order valence-corrected chi connectivity index (χ4v) is 2.55. The zero-order valence-electron chi connectivity index (χ0n) is 9.64. The molecule has 2 N–H and O–H groups in total. The SMILES string of the molecule is CC(C)NS(=O)(=O)c1ccc(C(C)O)cc1. The van der Waals surface area contributed by atoms with Crippen LogP contribution in [0.1, 0.15) is 32.4 Å². The third kappa shape index (κ3) is 3.30. The first-order chi connectivity index (χ1) is 7.33. The topological polar surface area (TPSA) is 66.4 Å². The predicted octanol–water partition coefficient (Wildman–Crippen LogP) is 1.43. The van der Waals surface area contributed by atoms with E-state index in [1.807, 2.05) is 0 Å². The van der Waals surface area contributed by atoms with Crippen LogP contribution in [0.2, 0.25) is 0 Å². The van der Waals surface area contributed by atoms with Crippen molar-refractivity contribution in [3.63, 3.8) is 0 Å². The van der Waals surface area contributed by atoms with E-state index in [2.05, 4.69) is 4.72 Å². The van der Waals surface area contributed by atoms with E-state index >= 15 is 0 Å². The summed E-state index contributed by atoms with van der Waals surface area (Å²) in [6.45, 7) is 5.17. The molecule has 16 heavy (non-hydrogen) atoms. The van der Waals surface area contributed by atoms with Gasteiger partial charge in [-0.05, 0) is 38.5 Å². The summed E-state index contributed by atoms with van der Waals surface area (Å²) in [6, 6.07) is 6.07. The molecule has 0 aromatic heterocycles. The highest BCUT2D eigenvalue weighted by molar-refractivity contribution is 7.89. The van der Waals surface area contributed by atoms with Crippen LogP contribution < -0.4 is 4.72 Å². The van der Waals surface area contributed by atoms with E-state index in [0.717, 1.165) is 0 Å². The minimum Gasteiger partial charge on any atom is -0.389 e. The highest BCUT2D eigenvalue weighted by Crippen LogP contribution is 2.15. The second kappa shape index (κ2) is 4.95. The lowest BCUT2D eigenvalue weighted by molar-refractivity contribution is 0.199. The maximum Gasteiger partial charge on any atom is 0.240 e. The summed E-state index contributed by atoms with van der Waals surface area (Å²) >= 11 is 0. The van der Waals surface area contributed by atoms with Crippen LogP contribution in [-0.4, -0.2) is 19.6 Å². The maximum atomic E-state index is 11.8. The number of rotatable bonds is 4. The molecule has 0 saturated carbocycles. The monoisotopic (exact) mass is 243 g/mol. The molecule has 1 atom stereocenters. The largest absolute Gasteiger partial charge is 0.389 e. The zero-order chi connectivity index (χ0) is 12.3. The van der Waals surface area contributed by atoms with Gasteiger partial charge in [0.1, 0.15) is 0 Å². The molecule has 1 aromatic rings. The van der Waals surface area contributed by atoms with E-state index in [-0.39, 0.29) is 10.9 Å². The first-order valence-corrected chi connectivity index (χ1v) is 6.61. The quantitative estimate of drug-likeness (QED) is 0.840. The molecule has 0 aliphatic rings. The highest BCUT2D eigenvalue weighted by Gasteiger charge is 2.15. The van der Waals surface area contributed by atoms with Gasteiger partial charge >= 0.3 is 0 Å². The van der Waals surface area contributed by atoms with Crippen molar-refractivity contribution in [3.8, 4) is 0 Å².